The number of likely N-dealkylation sites (N-methyl/N-ethyl adjacent to an activating group) is 1. The largest absolute Gasteiger partial charge is 0.329 e. The summed E-state index contributed by atoms with van der Waals surface area (Å²) in [6.07, 6.45) is 3.97. The average molecular weight is 196 g/mol. The highest BCUT2D eigenvalue weighted by Crippen LogP contribution is 2.17. The number of aromatic nitrogens is 2. The van der Waals surface area contributed by atoms with E-state index in [9.17, 15) is 0 Å². The maximum atomic E-state index is 5.71. The fourth-order valence-corrected chi connectivity index (χ4v) is 1.45. The maximum absolute atomic E-state index is 5.71. The summed E-state index contributed by atoms with van der Waals surface area (Å²) >= 11 is 0. The molecule has 2 N–H and O–H groups in total. The molecule has 0 saturated heterocycles. The molecule has 1 heterocycles. The van der Waals surface area contributed by atoms with Gasteiger partial charge in [0.2, 0.25) is 0 Å². The molecule has 4 nitrogen and oxygen atoms in total. The second-order valence-electron chi connectivity index (χ2n) is 4.06. The monoisotopic (exact) mass is 196 g/mol. The minimum absolute atomic E-state index is 0.266. The van der Waals surface area contributed by atoms with Crippen LogP contribution in [-0.2, 0) is 0 Å². The Morgan fingerprint density at radius 2 is 2.14 bits per heavy atom. The van der Waals surface area contributed by atoms with Crippen LogP contribution in [0.25, 0.3) is 0 Å². The van der Waals surface area contributed by atoms with E-state index in [0.717, 1.165) is 0 Å². The van der Waals surface area contributed by atoms with Gasteiger partial charge in [-0.15, -0.1) is 0 Å². The highest BCUT2D eigenvalue weighted by atomic mass is 15.3. The lowest BCUT2D eigenvalue weighted by Gasteiger charge is -2.21. The second kappa shape index (κ2) is 4.57. The molecule has 1 aromatic heterocycles. The Morgan fingerprint density at radius 1 is 1.50 bits per heavy atom. The lowest BCUT2D eigenvalue weighted by atomic mass is 10.1. The molecule has 0 aromatic carbocycles. The van der Waals surface area contributed by atoms with Crippen LogP contribution in [0.15, 0.2) is 12.4 Å². The smallest absolute Gasteiger partial charge is 0.0538 e. The molecule has 0 fully saturated rings. The summed E-state index contributed by atoms with van der Waals surface area (Å²) in [6, 6.07) is 0.673. The van der Waals surface area contributed by atoms with Crippen LogP contribution in [0.3, 0.4) is 0 Å². The average Bonchev–Trinajstić information content (AvgIpc) is 2.53. The molecule has 0 aliphatic heterocycles. The van der Waals surface area contributed by atoms with E-state index in [0.29, 0.717) is 12.6 Å². The van der Waals surface area contributed by atoms with E-state index < -0.39 is 0 Å². The van der Waals surface area contributed by atoms with Gasteiger partial charge in [0.05, 0.1) is 6.20 Å². The van der Waals surface area contributed by atoms with E-state index in [1.54, 1.807) is 0 Å². The highest BCUT2D eigenvalue weighted by molar-refractivity contribution is 5.11. The quantitative estimate of drug-likeness (QED) is 0.782. The third-order valence-corrected chi connectivity index (χ3v) is 2.38. The van der Waals surface area contributed by atoms with Gasteiger partial charge >= 0.3 is 0 Å². The normalized spacial score (nSPS) is 13.9. The summed E-state index contributed by atoms with van der Waals surface area (Å²) in [4.78, 5) is 2.11. The SMILES string of the molecule is CC(C)n1cc(C(CN)N(C)C)cn1. The van der Waals surface area contributed by atoms with E-state index in [4.69, 9.17) is 5.73 Å². The first-order valence-corrected chi connectivity index (χ1v) is 4.96. The van der Waals surface area contributed by atoms with Gasteiger partial charge in [-0.2, -0.15) is 5.10 Å². The topological polar surface area (TPSA) is 47.1 Å². The zero-order chi connectivity index (χ0) is 10.7. The van der Waals surface area contributed by atoms with Crippen LogP contribution in [-0.4, -0.2) is 35.3 Å². The zero-order valence-corrected chi connectivity index (χ0v) is 9.44. The molecule has 0 aliphatic rings. The molecule has 1 unspecified atom stereocenters. The molecule has 14 heavy (non-hydrogen) atoms. The van der Waals surface area contributed by atoms with Gasteiger partial charge in [0.1, 0.15) is 0 Å². The third-order valence-electron chi connectivity index (χ3n) is 2.38. The first-order valence-electron chi connectivity index (χ1n) is 4.96. The third kappa shape index (κ3) is 2.33. The minimum Gasteiger partial charge on any atom is -0.329 e. The van der Waals surface area contributed by atoms with Crippen LogP contribution < -0.4 is 5.73 Å². The molecule has 0 radical (unpaired) electrons. The van der Waals surface area contributed by atoms with Gasteiger partial charge in [-0.1, -0.05) is 0 Å². The van der Waals surface area contributed by atoms with E-state index in [1.165, 1.54) is 5.56 Å². The van der Waals surface area contributed by atoms with E-state index in [2.05, 4.69) is 30.0 Å². The highest BCUT2D eigenvalue weighted by Gasteiger charge is 2.14. The predicted octanol–water partition coefficient (Wildman–Crippen LogP) is 1.03. The molecule has 80 valence electrons. The van der Waals surface area contributed by atoms with Crippen LogP contribution in [0.1, 0.15) is 31.5 Å². The Labute approximate surface area is 85.7 Å². The summed E-state index contributed by atoms with van der Waals surface area (Å²) in [5.74, 6) is 0. The molecule has 0 amide bonds. The summed E-state index contributed by atoms with van der Waals surface area (Å²) < 4.78 is 1.96. The molecule has 4 heteroatoms. The number of nitrogens with two attached hydrogens (primary N) is 1. The van der Waals surface area contributed by atoms with Gasteiger partial charge < -0.3 is 10.6 Å². The fourth-order valence-electron chi connectivity index (χ4n) is 1.45. The van der Waals surface area contributed by atoms with Crippen molar-refractivity contribution in [2.24, 2.45) is 5.73 Å². The van der Waals surface area contributed by atoms with E-state index in [-0.39, 0.29) is 6.04 Å². The van der Waals surface area contributed by atoms with Crippen molar-refractivity contribution in [1.29, 1.82) is 0 Å². The van der Waals surface area contributed by atoms with Crippen molar-refractivity contribution in [1.82, 2.24) is 14.7 Å². The first-order chi connectivity index (χ1) is 6.56. The lowest BCUT2D eigenvalue weighted by Crippen LogP contribution is -2.26. The van der Waals surface area contributed by atoms with Gasteiger partial charge in [-0.25, -0.2) is 0 Å². The summed E-state index contributed by atoms with van der Waals surface area (Å²) in [7, 11) is 4.06. The van der Waals surface area contributed by atoms with Gasteiger partial charge in [0.15, 0.2) is 0 Å². The van der Waals surface area contributed by atoms with Crippen molar-refractivity contribution >= 4 is 0 Å². The Morgan fingerprint density at radius 3 is 2.50 bits per heavy atom. The van der Waals surface area contributed by atoms with Gasteiger partial charge in [0.25, 0.3) is 0 Å². The fraction of sp³-hybridized carbons (Fsp3) is 0.700. The van der Waals surface area contributed by atoms with Crippen LogP contribution >= 0.6 is 0 Å². The Bertz CT molecular complexity index is 277. The number of rotatable bonds is 4. The number of hydrogen-bond acceptors (Lipinski definition) is 3. The lowest BCUT2D eigenvalue weighted by molar-refractivity contribution is 0.305. The molecule has 0 saturated carbocycles. The van der Waals surface area contributed by atoms with Crippen molar-refractivity contribution < 1.29 is 0 Å². The van der Waals surface area contributed by atoms with Gasteiger partial charge in [-0.05, 0) is 27.9 Å². The molecular weight excluding hydrogens is 176 g/mol. The molecule has 1 rings (SSSR count). The van der Waals surface area contributed by atoms with Crippen molar-refractivity contribution in [2.45, 2.75) is 25.9 Å². The summed E-state index contributed by atoms with van der Waals surface area (Å²) in [6.45, 7) is 4.85. The zero-order valence-electron chi connectivity index (χ0n) is 9.44. The number of hydrogen-bond donors (Lipinski definition) is 1. The van der Waals surface area contributed by atoms with Crippen LogP contribution in [0.5, 0.6) is 0 Å². The van der Waals surface area contributed by atoms with Gasteiger partial charge in [-0.3, -0.25) is 4.68 Å². The van der Waals surface area contributed by atoms with Crippen LogP contribution in [0.2, 0.25) is 0 Å². The number of nitrogens with zero attached hydrogens (tertiary/aromatic N) is 3. The molecular formula is C10H20N4. The Kier molecular flexibility index (Phi) is 3.66. The first kappa shape index (κ1) is 11.2. The van der Waals surface area contributed by atoms with E-state index in [1.807, 2.05) is 25.0 Å². The Hall–Kier alpha value is -0.870. The van der Waals surface area contributed by atoms with Crippen molar-refractivity contribution in [3.63, 3.8) is 0 Å². The maximum Gasteiger partial charge on any atom is 0.0538 e. The molecule has 0 bridgehead atoms. The Balaban J connectivity index is 2.84. The van der Waals surface area contributed by atoms with Gasteiger partial charge in [0, 0.05) is 30.4 Å². The molecule has 1 aromatic rings. The van der Waals surface area contributed by atoms with Crippen LogP contribution in [0.4, 0.5) is 0 Å². The van der Waals surface area contributed by atoms with E-state index >= 15 is 0 Å². The molecule has 0 aliphatic carbocycles. The standard InChI is InChI=1S/C10H20N4/c1-8(2)14-7-9(6-12-14)10(5-11)13(3)4/h6-8,10H,5,11H2,1-4H3. The second-order valence-corrected chi connectivity index (χ2v) is 4.06. The van der Waals surface area contributed by atoms with Crippen molar-refractivity contribution in [3.8, 4) is 0 Å². The van der Waals surface area contributed by atoms with Crippen molar-refractivity contribution in [2.75, 3.05) is 20.6 Å². The molecule has 0 spiro atoms. The summed E-state index contributed by atoms with van der Waals surface area (Å²) in [5.41, 5.74) is 6.90. The molecule has 1 atom stereocenters. The minimum atomic E-state index is 0.266. The summed E-state index contributed by atoms with van der Waals surface area (Å²) in [5, 5.41) is 4.30. The van der Waals surface area contributed by atoms with Crippen LogP contribution in [0, 0.1) is 0 Å². The van der Waals surface area contributed by atoms with Crippen molar-refractivity contribution in [3.05, 3.63) is 18.0 Å². The predicted molar refractivity (Wildman–Crippen MR) is 58.1 cm³/mol.